The minimum absolute atomic E-state index is 1.13. The zero-order valence-electron chi connectivity index (χ0n) is 27.0. The minimum Gasteiger partial charge on any atom is -0.309 e. The molecule has 1 heteroatoms. The van der Waals surface area contributed by atoms with E-state index in [-0.39, 0.29) is 0 Å². The van der Waals surface area contributed by atoms with Gasteiger partial charge in [-0.1, -0.05) is 176 Å². The summed E-state index contributed by atoms with van der Waals surface area (Å²) in [5, 5.41) is 7.44. The number of nitrogens with zero attached hydrogens (tertiary/aromatic N) is 1. The summed E-state index contributed by atoms with van der Waals surface area (Å²) in [6, 6.07) is 72.5. The van der Waals surface area contributed by atoms with E-state index < -0.39 is 0 Å². The van der Waals surface area contributed by atoms with Gasteiger partial charge < -0.3 is 4.90 Å². The molecule has 0 atom stereocenters. The van der Waals surface area contributed by atoms with Crippen LogP contribution < -0.4 is 4.90 Å². The Kier molecular flexibility index (Phi) is 7.22. The molecule has 9 aromatic rings. The fourth-order valence-electron chi connectivity index (χ4n) is 7.38. The average Bonchev–Trinajstić information content (AvgIpc) is 3.18. The zero-order chi connectivity index (χ0) is 32.6. The maximum absolute atomic E-state index is 2.48. The van der Waals surface area contributed by atoms with Crippen LogP contribution in [0.15, 0.2) is 200 Å². The summed E-state index contributed by atoms with van der Waals surface area (Å²) in [6.07, 6.45) is 0. The van der Waals surface area contributed by atoms with E-state index in [2.05, 4.69) is 205 Å². The molecule has 0 N–H and O–H groups in total. The Labute approximate surface area is 287 Å². The van der Waals surface area contributed by atoms with Crippen LogP contribution in [-0.2, 0) is 0 Å². The van der Waals surface area contributed by atoms with Crippen molar-refractivity contribution in [1.29, 1.82) is 0 Å². The fourth-order valence-corrected chi connectivity index (χ4v) is 7.38. The van der Waals surface area contributed by atoms with E-state index in [1.54, 1.807) is 0 Å². The first-order valence-electron chi connectivity index (χ1n) is 16.9. The molecular formula is C48H33N. The third kappa shape index (κ3) is 5.13. The fraction of sp³-hybridized carbons (Fsp3) is 0. The molecule has 9 aromatic carbocycles. The Morgan fingerprint density at radius 2 is 0.714 bits per heavy atom. The van der Waals surface area contributed by atoms with Crippen molar-refractivity contribution in [3.05, 3.63) is 200 Å². The lowest BCUT2D eigenvalue weighted by molar-refractivity contribution is 1.30. The molecule has 0 aliphatic rings. The maximum Gasteiger partial charge on any atom is 0.0546 e. The van der Waals surface area contributed by atoms with Gasteiger partial charge in [0.25, 0.3) is 0 Å². The van der Waals surface area contributed by atoms with Crippen LogP contribution in [0.2, 0.25) is 0 Å². The number of para-hydroxylation sites is 2. The van der Waals surface area contributed by atoms with E-state index in [4.69, 9.17) is 0 Å². The van der Waals surface area contributed by atoms with Gasteiger partial charge in [-0.05, 0) is 73.5 Å². The Morgan fingerprint density at radius 3 is 1.47 bits per heavy atom. The first kappa shape index (κ1) is 28.8. The van der Waals surface area contributed by atoms with E-state index >= 15 is 0 Å². The molecule has 0 spiro atoms. The van der Waals surface area contributed by atoms with Crippen LogP contribution in [-0.4, -0.2) is 0 Å². The monoisotopic (exact) mass is 623 g/mol. The smallest absolute Gasteiger partial charge is 0.0546 e. The summed E-state index contributed by atoms with van der Waals surface area (Å²) in [5.41, 5.74) is 10.6. The van der Waals surface area contributed by atoms with Crippen molar-refractivity contribution < 1.29 is 0 Å². The molecule has 49 heavy (non-hydrogen) atoms. The van der Waals surface area contributed by atoms with E-state index in [9.17, 15) is 0 Å². The van der Waals surface area contributed by atoms with Gasteiger partial charge in [0.2, 0.25) is 0 Å². The van der Waals surface area contributed by atoms with Crippen LogP contribution in [0, 0.1) is 0 Å². The van der Waals surface area contributed by atoms with E-state index in [1.807, 2.05) is 0 Å². The lowest BCUT2D eigenvalue weighted by Gasteiger charge is -2.31. The van der Waals surface area contributed by atoms with Crippen LogP contribution in [0.25, 0.3) is 65.7 Å². The minimum atomic E-state index is 1.13. The molecule has 0 radical (unpaired) electrons. The van der Waals surface area contributed by atoms with Gasteiger partial charge in [0.05, 0.1) is 17.1 Å². The van der Waals surface area contributed by atoms with Crippen molar-refractivity contribution in [2.24, 2.45) is 0 Å². The second-order valence-electron chi connectivity index (χ2n) is 12.5. The Balaban J connectivity index is 1.32. The van der Waals surface area contributed by atoms with Crippen LogP contribution in [0.3, 0.4) is 0 Å². The Morgan fingerprint density at radius 1 is 0.245 bits per heavy atom. The Bertz CT molecular complexity index is 2610. The summed E-state index contributed by atoms with van der Waals surface area (Å²) >= 11 is 0. The predicted molar refractivity (Wildman–Crippen MR) is 210 cm³/mol. The molecule has 0 aromatic heterocycles. The van der Waals surface area contributed by atoms with Crippen molar-refractivity contribution in [2.45, 2.75) is 0 Å². The van der Waals surface area contributed by atoms with Gasteiger partial charge in [0.15, 0.2) is 0 Å². The highest BCUT2D eigenvalue weighted by Gasteiger charge is 2.23. The van der Waals surface area contributed by atoms with Gasteiger partial charge in [-0.15, -0.1) is 0 Å². The average molecular weight is 624 g/mol. The summed E-state index contributed by atoms with van der Waals surface area (Å²) < 4.78 is 0. The number of hydrogen-bond acceptors (Lipinski definition) is 1. The first-order chi connectivity index (χ1) is 24.3. The van der Waals surface area contributed by atoms with Crippen LogP contribution >= 0.6 is 0 Å². The van der Waals surface area contributed by atoms with Gasteiger partial charge in [0.1, 0.15) is 0 Å². The van der Waals surface area contributed by atoms with Gasteiger partial charge in [-0.25, -0.2) is 0 Å². The first-order valence-corrected chi connectivity index (χ1v) is 16.9. The normalized spacial score (nSPS) is 11.3. The SMILES string of the molecule is c1ccc(-c2ccccc2N(c2ccccc2-c2cccc(-c3cccc4ccccc34)c2)c2cc3ccccc3c3ccccc23)cc1. The molecule has 1 nitrogen and oxygen atoms in total. The summed E-state index contributed by atoms with van der Waals surface area (Å²) in [7, 11) is 0. The van der Waals surface area contributed by atoms with E-state index in [0.29, 0.717) is 0 Å². The second kappa shape index (κ2) is 12.3. The van der Waals surface area contributed by atoms with E-state index in [0.717, 1.165) is 17.1 Å². The quantitative estimate of drug-likeness (QED) is 0.167. The maximum atomic E-state index is 2.48. The van der Waals surface area contributed by atoms with Crippen molar-refractivity contribution >= 4 is 49.4 Å². The summed E-state index contributed by atoms with van der Waals surface area (Å²) in [4.78, 5) is 2.48. The second-order valence-corrected chi connectivity index (χ2v) is 12.5. The van der Waals surface area contributed by atoms with Gasteiger partial charge in [0, 0.05) is 16.5 Å². The summed E-state index contributed by atoms with van der Waals surface area (Å²) in [5.74, 6) is 0. The van der Waals surface area contributed by atoms with Crippen LogP contribution in [0.1, 0.15) is 0 Å². The van der Waals surface area contributed by atoms with Crippen molar-refractivity contribution in [3.8, 4) is 33.4 Å². The third-order valence-corrected chi connectivity index (χ3v) is 9.64. The van der Waals surface area contributed by atoms with Crippen molar-refractivity contribution in [3.63, 3.8) is 0 Å². The molecule has 9 rings (SSSR count). The molecule has 0 fully saturated rings. The molecule has 230 valence electrons. The van der Waals surface area contributed by atoms with Gasteiger partial charge in [-0.3, -0.25) is 0 Å². The molecule has 0 heterocycles. The molecule has 0 unspecified atom stereocenters. The number of benzene rings is 9. The molecule has 0 bridgehead atoms. The predicted octanol–water partition coefficient (Wildman–Crippen LogP) is 13.6. The lowest BCUT2D eigenvalue weighted by atomic mass is 9.93. The number of fused-ring (bicyclic) bond motifs is 4. The largest absolute Gasteiger partial charge is 0.309 e. The lowest BCUT2D eigenvalue weighted by Crippen LogP contribution is -2.13. The topological polar surface area (TPSA) is 3.24 Å². The number of anilines is 3. The van der Waals surface area contributed by atoms with Crippen LogP contribution in [0.5, 0.6) is 0 Å². The molecule has 0 saturated heterocycles. The molecule has 0 saturated carbocycles. The highest BCUT2D eigenvalue weighted by molar-refractivity contribution is 6.15. The zero-order valence-corrected chi connectivity index (χ0v) is 27.0. The number of rotatable bonds is 6. The number of hydrogen-bond donors (Lipinski definition) is 0. The highest BCUT2D eigenvalue weighted by Crippen LogP contribution is 2.48. The molecule has 0 aliphatic carbocycles. The van der Waals surface area contributed by atoms with Crippen molar-refractivity contribution in [1.82, 2.24) is 0 Å². The van der Waals surface area contributed by atoms with E-state index in [1.165, 1.54) is 65.7 Å². The van der Waals surface area contributed by atoms with Crippen molar-refractivity contribution in [2.75, 3.05) is 4.90 Å². The van der Waals surface area contributed by atoms with Gasteiger partial charge >= 0.3 is 0 Å². The third-order valence-electron chi connectivity index (χ3n) is 9.64. The molecular weight excluding hydrogens is 591 g/mol. The summed E-state index contributed by atoms with van der Waals surface area (Å²) in [6.45, 7) is 0. The molecule has 0 amide bonds. The van der Waals surface area contributed by atoms with Gasteiger partial charge in [-0.2, -0.15) is 0 Å². The standard InChI is InChI=1S/C48H33N/c1-2-16-35(17-3-1)42-25-10-12-30-46(42)49(48-33-38-19-5-7-24-41(38)44-27-8-9-28-45(44)48)47-31-13-11-26-43(47)37-22-14-21-36(32-37)40-29-15-20-34-18-4-6-23-39(34)40/h1-33H. The van der Waals surface area contributed by atoms with Crippen LogP contribution in [0.4, 0.5) is 17.1 Å². The highest BCUT2D eigenvalue weighted by atomic mass is 15.1. The Hall–Kier alpha value is -6.44. The molecule has 0 aliphatic heterocycles.